The summed E-state index contributed by atoms with van der Waals surface area (Å²) in [6.45, 7) is 14.0. The molecule has 326 valence electrons. The lowest BCUT2D eigenvalue weighted by atomic mass is 9.32. The van der Waals surface area contributed by atoms with Gasteiger partial charge in [0, 0.05) is 73.1 Å². The van der Waals surface area contributed by atoms with Crippen LogP contribution < -0.4 is 20.7 Å². The van der Waals surface area contributed by atoms with Crippen LogP contribution in [0.3, 0.4) is 0 Å². The number of hydrogen-bond donors (Lipinski definition) is 0. The zero-order chi connectivity index (χ0) is 45.3. The number of aromatic nitrogens is 2. The Morgan fingerprint density at radius 2 is 1.07 bits per heavy atom. The number of hydrogen-bond acceptors (Lipinski definition) is 2. The molecule has 4 aliphatic rings. The lowest BCUT2D eigenvalue weighted by Gasteiger charge is -2.48. The Kier molecular flexibility index (Phi) is 8.75. The first-order chi connectivity index (χ1) is 32.5. The van der Waals surface area contributed by atoms with Crippen molar-refractivity contribution in [3.8, 4) is 5.69 Å². The van der Waals surface area contributed by atoms with Crippen LogP contribution in [0.2, 0.25) is 0 Å². The molecular formula is C62H55BN4. The molecule has 7 aromatic carbocycles. The van der Waals surface area contributed by atoms with Crippen molar-refractivity contribution in [2.24, 2.45) is 5.41 Å². The molecule has 0 radical (unpaired) electrons. The summed E-state index contributed by atoms with van der Waals surface area (Å²) in [6.07, 6.45) is 14.2. The van der Waals surface area contributed by atoms with E-state index in [0.29, 0.717) is 0 Å². The Morgan fingerprint density at radius 1 is 0.507 bits per heavy atom. The molecule has 0 fully saturated rings. The molecule has 2 aliphatic heterocycles. The lowest BCUT2D eigenvalue weighted by molar-refractivity contribution is 0.510. The molecular weight excluding hydrogens is 812 g/mol. The van der Waals surface area contributed by atoms with Crippen molar-refractivity contribution in [2.75, 3.05) is 9.80 Å². The van der Waals surface area contributed by atoms with Gasteiger partial charge in [-0.2, -0.15) is 0 Å². The summed E-state index contributed by atoms with van der Waals surface area (Å²) in [7, 11) is 0. The van der Waals surface area contributed by atoms with Crippen LogP contribution in [0.1, 0.15) is 66.0 Å². The van der Waals surface area contributed by atoms with Gasteiger partial charge in [-0.1, -0.05) is 169 Å². The smallest absolute Gasteiger partial charge is 0.251 e. The highest BCUT2D eigenvalue weighted by atomic mass is 15.2. The monoisotopic (exact) mass is 866 g/mol. The van der Waals surface area contributed by atoms with Crippen molar-refractivity contribution in [3.63, 3.8) is 0 Å². The van der Waals surface area contributed by atoms with E-state index in [4.69, 9.17) is 0 Å². The van der Waals surface area contributed by atoms with Crippen LogP contribution in [0.25, 0.3) is 49.3 Å². The molecule has 0 spiro atoms. The van der Waals surface area contributed by atoms with Crippen LogP contribution in [-0.4, -0.2) is 21.9 Å². The maximum absolute atomic E-state index is 2.69. The van der Waals surface area contributed by atoms with Gasteiger partial charge in [-0.15, -0.1) is 0 Å². The highest BCUT2D eigenvalue weighted by molar-refractivity contribution is 6.95. The molecule has 13 rings (SSSR count). The van der Waals surface area contributed by atoms with E-state index in [1.165, 1.54) is 105 Å². The molecule has 67 heavy (non-hydrogen) atoms. The fourth-order valence-corrected chi connectivity index (χ4v) is 12.1. The fraction of sp³-hybridized carbons (Fsp3) is 0.194. The van der Waals surface area contributed by atoms with E-state index in [2.05, 4.69) is 249 Å². The average Bonchev–Trinajstić information content (AvgIpc) is 3.86. The summed E-state index contributed by atoms with van der Waals surface area (Å²) in [6, 6.07) is 59.9. The van der Waals surface area contributed by atoms with Crippen LogP contribution in [-0.2, 0) is 5.41 Å². The van der Waals surface area contributed by atoms with Gasteiger partial charge in [0.1, 0.15) is 0 Å². The molecule has 0 N–H and O–H groups in total. The van der Waals surface area contributed by atoms with Gasteiger partial charge >= 0.3 is 0 Å². The van der Waals surface area contributed by atoms with E-state index in [-0.39, 0.29) is 29.6 Å². The lowest BCUT2D eigenvalue weighted by Crippen LogP contribution is -2.58. The average molecular weight is 867 g/mol. The minimum absolute atomic E-state index is 0.0494. The summed E-state index contributed by atoms with van der Waals surface area (Å²) in [5.41, 5.74) is 19.6. The van der Waals surface area contributed by atoms with Gasteiger partial charge in [0.05, 0.1) is 23.1 Å². The van der Waals surface area contributed by atoms with Crippen molar-refractivity contribution >= 4 is 84.0 Å². The first-order valence-electron chi connectivity index (χ1n) is 24.3. The number of nitrogens with zero attached hydrogens (tertiary/aromatic N) is 4. The van der Waals surface area contributed by atoms with Crippen LogP contribution in [0, 0.1) is 5.41 Å². The van der Waals surface area contributed by atoms with Crippen molar-refractivity contribution in [1.29, 1.82) is 0 Å². The first-order valence-corrected chi connectivity index (χ1v) is 24.3. The van der Waals surface area contributed by atoms with E-state index < -0.39 is 0 Å². The minimum Gasteiger partial charge on any atom is -0.335 e. The van der Waals surface area contributed by atoms with Gasteiger partial charge in [0.2, 0.25) is 0 Å². The number of anilines is 4. The van der Waals surface area contributed by atoms with E-state index in [0.717, 1.165) is 12.8 Å². The molecule has 0 saturated heterocycles. The Bertz CT molecular complexity index is 3530. The summed E-state index contributed by atoms with van der Waals surface area (Å²) in [5, 5.41) is 5.17. The molecule has 2 unspecified atom stereocenters. The molecule has 4 heterocycles. The van der Waals surface area contributed by atoms with Gasteiger partial charge in [-0.25, -0.2) is 0 Å². The van der Waals surface area contributed by atoms with E-state index in [9.17, 15) is 0 Å². The summed E-state index contributed by atoms with van der Waals surface area (Å²) < 4.78 is 5.08. The van der Waals surface area contributed by atoms with Gasteiger partial charge in [0.25, 0.3) is 6.71 Å². The molecule has 2 aliphatic carbocycles. The minimum atomic E-state index is 0.0494. The predicted octanol–water partition coefficient (Wildman–Crippen LogP) is 14.7. The first kappa shape index (κ1) is 40.1. The van der Waals surface area contributed by atoms with Crippen molar-refractivity contribution in [2.45, 2.75) is 71.9 Å². The highest BCUT2D eigenvalue weighted by Gasteiger charge is 2.46. The van der Waals surface area contributed by atoms with Gasteiger partial charge in [-0.3, -0.25) is 0 Å². The number of para-hydroxylation sites is 4. The molecule has 2 atom stereocenters. The zero-order valence-electron chi connectivity index (χ0n) is 39.3. The normalized spacial score (nSPS) is 18.0. The second-order valence-electron chi connectivity index (χ2n) is 21.3. The Morgan fingerprint density at radius 3 is 1.67 bits per heavy atom. The predicted molar refractivity (Wildman–Crippen MR) is 286 cm³/mol. The van der Waals surface area contributed by atoms with Gasteiger partial charge in [0.15, 0.2) is 0 Å². The Hall–Kier alpha value is -7.24. The number of fused-ring (bicyclic) bond motifs is 9. The SMILES string of the molecule is CC(C)(C)C1=CCC(N2c3cc(-n4c5ccccc5c5ccccc54)ccc3B3C4=C(CC(n5c6ccccc6c6ccccc65)C=C4)N(c4ccc(C(C)(C)C)cc4)c4cccc2c43)C=C1. The van der Waals surface area contributed by atoms with Crippen molar-refractivity contribution in [3.05, 3.63) is 210 Å². The summed E-state index contributed by atoms with van der Waals surface area (Å²) in [5.74, 6) is 0. The third-order valence-corrected chi connectivity index (χ3v) is 15.3. The van der Waals surface area contributed by atoms with Crippen LogP contribution in [0.5, 0.6) is 0 Å². The topological polar surface area (TPSA) is 16.3 Å². The molecule has 2 aromatic heterocycles. The number of allylic oxidation sites excluding steroid dienone is 6. The maximum Gasteiger partial charge on any atom is 0.251 e. The Labute approximate surface area is 394 Å². The summed E-state index contributed by atoms with van der Waals surface area (Å²) >= 11 is 0. The number of benzene rings is 7. The summed E-state index contributed by atoms with van der Waals surface area (Å²) in [4.78, 5) is 5.32. The molecule has 5 heteroatoms. The quantitative estimate of drug-likeness (QED) is 0.164. The van der Waals surface area contributed by atoms with E-state index in [1.807, 2.05) is 0 Å². The molecule has 0 bridgehead atoms. The third kappa shape index (κ3) is 6.06. The second kappa shape index (κ2) is 14.6. The third-order valence-electron chi connectivity index (χ3n) is 15.3. The Balaban J connectivity index is 1.05. The van der Waals surface area contributed by atoms with Gasteiger partial charge < -0.3 is 18.9 Å². The van der Waals surface area contributed by atoms with Gasteiger partial charge in [-0.05, 0) is 105 Å². The molecule has 9 aromatic rings. The zero-order valence-corrected chi connectivity index (χ0v) is 39.3. The fourth-order valence-electron chi connectivity index (χ4n) is 12.1. The van der Waals surface area contributed by atoms with Crippen molar-refractivity contribution in [1.82, 2.24) is 9.13 Å². The van der Waals surface area contributed by atoms with Crippen LogP contribution in [0.4, 0.5) is 22.7 Å². The standard InChI is InChI=1S/C62H55BN4/c1-61(2,3)40-26-30-42(31-27-40)64-56-24-15-25-57-60(56)63(50-36-34-44(38-58(50)64)66-52-20-11-7-16-46(52)47-17-8-12-21-53(47)66)51-37-35-45(39-59(51)65(57)43-32-28-41(29-33-43)62(4,5)6)67-54-22-13-9-18-48(54)49-19-10-14-23-55(49)67/h7-32,34-37,39,43-44H,33,38H2,1-6H3. The van der Waals surface area contributed by atoms with Crippen LogP contribution >= 0.6 is 0 Å². The van der Waals surface area contributed by atoms with E-state index >= 15 is 0 Å². The van der Waals surface area contributed by atoms with E-state index in [1.54, 1.807) is 0 Å². The number of rotatable bonds is 4. The molecule has 0 saturated carbocycles. The molecule has 4 nitrogen and oxygen atoms in total. The largest absolute Gasteiger partial charge is 0.335 e. The second-order valence-corrected chi connectivity index (χ2v) is 21.3. The maximum atomic E-state index is 2.69. The highest BCUT2D eigenvalue weighted by Crippen LogP contribution is 2.48. The van der Waals surface area contributed by atoms with Crippen LogP contribution in [0.15, 0.2) is 205 Å². The molecule has 0 amide bonds. The van der Waals surface area contributed by atoms with Crippen molar-refractivity contribution < 1.29 is 0 Å².